The van der Waals surface area contributed by atoms with E-state index in [0.29, 0.717) is 12.1 Å². The lowest BCUT2D eigenvalue weighted by molar-refractivity contribution is -0.164. The Hall–Kier alpha value is -2.65. The van der Waals surface area contributed by atoms with Crippen molar-refractivity contribution in [1.82, 2.24) is 9.80 Å². The number of aromatic hydroxyl groups is 1. The summed E-state index contributed by atoms with van der Waals surface area (Å²) in [6.45, 7) is 16.4. The van der Waals surface area contributed by atoms with Crippen LogP contribution in [0.1, 0.15) is 93.6 Å². The highest BCUT2D eigenvalue weighted by Gasteiger charge is 2.38. The van der Waals surface area contributed by atoms with Gasteiger partial charge in [-0.1, -0.05) is 31.0 Å². The zero-order valence-corrected chi connectivity index (χ0v) is 25.9. The number of phenolic OH excluding ortho intramolecular Hbond substituents is 1. The first kappa shape index (κ1) is 33.6. The first-order chi connectivity index (χ1) is 18.3. The van der Waals surface area contributed by atoms with Gasteiger partial charge < -0.3 is 19.3 Å². The number of hydrogen-bond donors (Lipinski definition) is 1. The lowest BCUT2D eigenvalue weighted by Gasteiger charge is -2.44. The number of esters is 3. The molecule has 9 heteroatoms. The topological polar surface area (TPSA) is 106 Å². The van der Waals surface area contributed by atoms with E-state index in [1.165, 1.54) is 0 Å². The van der Waals surface area contributed by atoms with Gasteiger partial charge in [0.05, 0.1) is 19.6 Å². The quantitative estimate of drug-likeness (QED) is 0.317. The van der Waals surface area contributed by atoms with Crippen molar-refractivity contribution in [2.45, 2.75) is 123 Å². The molecule has 1 aliphatic carbocycles. The molecule has 9 nitrogen and oxygen atoms in total. The summed E-state index contributed by atoms with van der Waals surface area (Å²) < 4.78 is 16.9. The first-order valence-corrected chi connectivity index (χ1v) is 14.2. The molecule has 1 saturated carbocycles. The molecule has 0 radical (unpaired) electrons. The molecule has 1 fully saturated rings. The molecule has 0 aromatic heterocycles. The van der Waals surface area contributed by atoms with Crippen molar-refractivity contribution in [3.63, 3.8) is 0 Å². The SMILES string of the molecule is CC(C)(C)OC(=O)CN(CC(=O)OC(C)(C)C)[C@H]1CCCC[C@@H]1N(CC(=O)OC(C)(C)C)Cc1ccccc1O. The van der Waals surface area contributed by atoms with E-state index in [4.69, 9.17) is 14.2 Å². The van der Waals surface area contributed by atoms with Gasteiger partial charge in [-0.05, 0) is 81.2 Å². The summed E-state index contributed by atoms with van der Waals surface area (Å²) in [7, 11) is 0. The third-order valence-corrected chi connectivity index (χ3v) is 6.25. The molecule has 2 atom stereocenters. The number of phenols is 1. The fourth-order valence-corrected chi connectivity index (χ4v) is 5.01. The summed E-state index contributed by atoms with van der Waals surface area (Å²) in [6, 6.07) is 6.62. The maximum Gasteiger partial charge on any atom is 0.320 e. The zero-order valence-electron chi connectivity index (χ0n) is 25.9. The van der Waals surface area contributed by atoms with E-state index in [9.17, 15) is 19.5 Å². The van der Waals surface area contributed by atoms with Crippen LogP contribution in [-0.2, 0) is 35.1 Å². The number of carbonyl (C=O) groups is 3. The number of nitrogens with zero attached hydrogens (tertiary/aromatic N) is 2. The smallest absolute Gasteiger partial charge is 0.320 e. The number of ether oxygens (including phenoxy) is 3. The van der Waals surface area contributed by atoms with E-state index < -0.39 is 28.7 Å². The predicted molar refractivity (Wildman–Crippen MR) is 154 cm³/mol. The van der Waals surface area contributed by atoms with E-state index in [2.05, 4.69) is 0 Å². The molecule has 226 valence electrons. The molecule has 2 rings (SSSR count). The molecular formula is C31H50N2O7. The van der Waals surface area contributed by atoms with Crippen molar-refractivity contribution in [1.29, 1.82) is 0 Å². The number of carbonyl (C=O) groups excluding carboxylic acids is 3. The van der Waals surface area contributed by atoms with Crippen molar-refractivity contribution in [3.05, 3.63) is 29.8 Å². The molecule has 0 heterocycles. The fraction of sp³-hybridized carbons (Fsp3) is 0.710. The maximum absolute atomic E-state index is 13.0. The van der Waals surface area contributed by atoms with E-state index in [-0.39, 0.29) is 43.4 Å². The molecule has 0 bridgehead atoms. The summed E-state index contributed by atoms with van der Waals surface area (Å²) in [5.41, 5.74) is -1.31. The van der Waals surface area contributed by atoms with Gasteiger partial charge in [0.25, 0.3) is 0 Å². The van der Waals surface area contributed by atoms with Crippen molar-refractivity contribution < 1.29 is 33.7 Å². The minimum Gasteiger partial charge on any atom is -0.508 e. The Bertz CT molecular complexity index is 974. The molecule has 1 aliphatic rings. The zero-order chi connectivity index (χ0) is 30.3. The average molecular weight is 563 g/mol. The van der Waals surface area contributed by atoms with Crippen molar-refractivity contribution in [3.8, 4) is 5.75 Å². The number of para-hydroxylation sites is 1. The van der Waals surface area contributed by atoms with Gasteiger partial charge in [0.15, 0.2) is 0 Å². The van der Waals surface area contributed by atoms with E-state index in [1.54, 1.807) is 53.7 Å². The Balaban J connectivity index is 2.43. The van der Waals surface area contributed by atoms with E-state index in [1.807, 2.05) is 42.7 Å². The molecule has 40 heavy (non-hydrogen) atoms. The fourth-order valence-electron chi connectivity index (χ4n) is 5.01. The van der Waals surface area contributed by atoms with Gasteiger partial charge >= 0.3 is 17.9 Å². The molecule has 1 aromatic carbocycles. The van der Waals surface area contributed by atoms with Crippen molar-refractivity contribution >= 4 is 17.9 Å². The van der Waals surface area contributed by atoms with Crippen LogP contribution < -0.4 is 0 Å². The molecule has 0 amide bonds. The lowest BCUT2D eigenvalue weighted by Crippen LogP contribution is -2.57. The number of hydrogen-bond acceptors (Lipinski definition) is 9. The molecule has 1 N–H and O–H groups in total. The van der Waals surface area contributed by atoms with Gasteiger partial charge in [-0.2, -0.15) is 0 Å². The van der Waals surface area contributed by atoms with Crippen LogP contribution in [0.4, 0.5) is 0 Å². The van der Waals surface area contributed by atoms with E-state index in [0.717, 1.165) is 25.7 Å². The molecule has 0 spiro atoms. The minimum absolute atomic E-state index is 0.000510. The van der Waals surface area contributed by atoms with Gasteiger partial charge in [0, 0.05) is 24.2 Å². The van der Waals surface area contributed by atoms with Crippen LogP contribution in [0.5, 0.6) is 5.75 Å². The van der Waals surface area contributed by atoms with Crippen LogP contribution in [0.25, 0.3) is 0 Å². The summed E-state index contributed by atoms with van der Waals surface area (Å²) in [4.78, 5) is 42.9. The monoisotopic (exact) mass is 562 g/mol. The van der Waals surface area contributed by atoms with Crippen LogP contribution in [0.3, 0.4) is 0 Å². The molecule has 0 unspecified atom stereocenters. The highest BCUT2D eigenvalue weighted by Crippen LogP contribution is 2.30. The second kappa shape index (κ2) is 13.8. The summed E-state index contributed by atoms with van der Waals surface area (Å²) in [5, 5.41) is 10.5. The van der Waals surface area contributed by atoms with Gasteiger partial charge in [-0.15, -0.1) is 0 Å². The number of benzene rings is 1. The average Bonchev–Trinajstić information content (AvgIpc) is 2.76. The van der Waals surface area contributed by atoms with Crippen LogP contribution in [0.15, 0.2) is 24.3 Å². The van der Waals surface area contributed by atoms with Crippen LogP contribution in [-0.4, -0.2) is 81.3 Å². The standard InChI is InChI=1S/C31H50N2O7/c1-29(2,3)38-26(35)19-32(18-22-14-10-13-17-25(22)34)23-15-11-12-16-24(23)33(20-27(36)39-30(4,5)6)21-28(37)40-31(7,8)9/h10,13-14,17,23-24,34H,11-12,15-16,18-21H2,1-9H3/t23-,24-/m0/s1. The Kier molecular flexibility index (Phi) is 11.6. The minimum atomic E-state index is -0.672. The Labute approximate surface area is 240 Å². The van der Waals surface area contributed by atoms with Gasteiger partial charge in [-0.3, -0.25) is 24.2 Å². The third-order valence-electron chi connectivity index (χ3n) is 6.25. The number of rotatable bonds is 10. The molecule has 0 aliphatic heterocycles. The summed E-state index contributed by atoms with van der Waals surface area (Å²) in [5.74, 6) is -1.10. The molecule has 1 aromatic rings. The largest absolute Gasteiger partial charge is 0.508 e. The highest BCUT2D eigenvalue weighted by atomic mass is 16.6. The maximum atomic E-state index is 13.0. The molecular weight excluding hydrogens is 512 g/mol. The second-order valence-corrected chi connectivity index (χ2v) is 13.6. The summed E-state index contributed by atoms with van der Waals surface area (Å²) in [6.07, 6.45) is 3.32. The Morgan fingerprint density at radius 3 is 1.48 bits per heavy atom. The predicted octanol–water partition coefficient (Wildman–Crippen LogP) is 4.83. The third kappa shape index (κ3) is 12.3. The van der Waals surface area contributed by atoms with Crippen molar-refractivity contribution in [2.75, 3.05) is 19.6 Å². The van der Waals surface area contributed by atoms with Gasteiger partial charge in [0.1, 0.15) is 22.6 Å². The van der Waals surface area contributed by atoms with Crippen LogP contribution in [0.2, 0.25) is 0 Å². The Morgan fingerprint density at radius 1 is 0.700 bits per heavy atom. The lowest BCUT2D eigenvalue weighted by atomic mass is 9.87. The highest BCUT2D eigenvalue weighted by molar-refractivity contribution is 5.75. The second-order valence-electron chi connectivity index (χ2n) is 13.6. The van der Waals surface area contributed by atoms with Crippen molar-refractivity contribution in [2.24, 2.45) is 0 Å². The van der Waals surface area contributed by atoms with Gasteiger partial charge in [-0.25, -0.2) is 0 Å². The normalized spacial score (nSPS) is 18.5. The van der Waals surface area contributed by atoms with Crippen LogP contribution >= 0.6 is 0 Å². The first-order valence-electron chi connectivity index (χ1n) is 14.2. The van der Waals surface area contributed by atoms with E-state index >= 15 is 0 Å². The van der Waals surface area contributed by atoms with Gasteiger partial charge in [0.2, 0.25) is 0 Å². The van der Waals surface area contributed by atoms with Crippen LogP contribution in [0, 0.1) is 0 Å². The Morgan fingerprint density at radius 2 is 1.07 bits per heavy atom. The summed E-state index contributed by atoms with van der Waals surface area (Å²) >= 11 is 0. The molecule has 0 saturated heterocycles.